The van der Waals surface area contributed by atoms with E-state index < -0.39 is 38.7 Å². The van der Waals surface area contributed by atoms with Gasteiger partial charge in [0.15, 0.2) is 0 Å². The Balaban J connectivity index is 3.32. The molecule has 0 spiro atoms. The fraction of sp³-hybridized carbons (Fsp3) is 0.429. The van der Waals surface area contributed by atoms with Crippen molar-refractivity contribution in [1.82, 2.24) is 4.72 Å². The Hall–Kier alpha value is -2.12. The molecule has 0 amide bonds. The minimum atomic E-state index is -5.01. The highest BCUT2D eigenvalue weighted by atomic mass is 32.2. The Morgan fingerprint density at radius 1 is 1.42 bits per heavy atom. The lowest BCUT2D eigenvalue weighted by Gasteiger charge is -2.17. The van der Waals surface area contributed by atoms with Crippen molar-refractivity contribution in [2.24, 2.45) is 0 Å². The second-order valence-corrected chi connectivity index (χ2v) is 6.66. The molecule has 0 aromatic heterocycles. The van der Waals surface area contributed by atoms with E-state index >= 15 is 0 Å². The summed E-state index contributed by atoms with van der Waals surface area (Å²) in [6, 6.07) is 1.94. The second-order valence-electron chi connectivity index (χ2n) is 4.97. The zero-order valence-corrected chi connectivity index (χ0v) is 13.4. The van der Waals surface area contributed by atoms with E-state index in [1.54, 1.807) is 11.6 Å². The normalized spacial score (nSPS) is 13.3. The number of rotatable bonds is 7. The van der Waals surface area contributed by atoms with Crippen molar-refractivity contribution in [2.75, 3.05) is 0 Å². The monoisotopic (exact) mass is 364 g/mol. The molecule has 0 saturated carbocycles. The molecule has 0 aliphatic heterocycles. The van der Waals surface area contributed by atoms with Gasteiger partial charge in [0.2, 0.25) is 10.0 Å². The summed E-state index contributed by atoms with van der Waals surface area (Å²) in [6.45, 7) is 1.76. The predicted octanol–water partition coefficient (Wildman–Crippen LogP) is 2.50. The molecule has 1 aromatic rings. The topological polar surface area (TPSA) is 107 Å². The summed E-state index contributed by atoms with van der Waals surface area (Å²) in [5, 5.41) is 17.7. The van der Waals surface area contributed by atoms with Crippen molar-refractivity contribution in [3.05, 3.63) is 29.3 Å². The van der Waals surface area contributed by atoms with Gasteiger partial charge in [-0.15, -0.1) is 0 Å². The number of nitrogens with zero attached hydrogens (tertiary/aromatic N) is 1. The number of alkyl halides is 3. The first kappa shape index (κ1) is 19.9. The first-order valence-electron chi connectivity index (χ1n) is 6.89. The molecule has 24 heavy (non-hydrogen) atoms. The summed E-state index contributed by atoms with van der Waals surface area (Å²) >= 11 is 0. The summed E-state index contributed by atoms with van der Waals surface area (Å²) in [4.78, 5) is 9.99. The number of benzene rings is 1. The van der Waals surface area contributed by atoms with Crippen LogP contribution in [0.25, 0.3) is 0 Å². The highest BCUT2D eigenvalue weighted by Crippen LogP contribution is 2.34. The van der Waals surface area contributed by atoms with Crippen LogP contribution in [0.5, 0.6) is 0 Å². The molecule has 132 valence electrons. The predicted molar refractivity (Wildman–Crippen MR) is 77.4 cm³/mol. The summed E-state index contributed by atoms with van der Waals surface area (Å²) in [5.74, 6) is -1.48. The van der Waals surface area contributed by atoms with E-state index in [-0.39, 0.29) is 12.0 Å². The van der Waals surface area contributed by atoms with Crippen molar-refractivity contribution in [2.45, 2.75) is 43.3 Å². The largest absolute Gasteiger partial charge is 0.480 e. The van der Waals surface area contributed by atoms with E-state index in [1.165, 1.54) is 6.07 Å². The lowest BCUT2D eigenvalue weighted by atomic mass is 10.1. The van der Waals surface area contributed by atoms with E-state index in [0.717, 1.165) is 6.07 Å². The van der Waals surface area contributed by atoms with Gasteiger partial charge in [-0.1, -0.05) is 19.8 Å². The molecule has 1 atom stereocenters. The van der Waals surface area contributed by atoms with Crippen molar-refractivity contribution in [1.29, 1.82) is 5.26 Å². The molecule has 0 saturated heterocycles. The number of carboxylic acids is 1. The molecule has 10 heteroatoms. The van der Waals surface area contributed by atoms with Gasteiger partial charge in [-0.3, -0.25) is 4.79 Å². The number of carbonyl (C=O) groups is 1. The van der Waals surface area contributed by atoms with Crippen LogP contribution in [0.4, 0.5) is 13.2 Å². The molecule has 0 bridgehead atoms. The van der Waals surface area contributed by atoms with Gasteiger partial charge in [0.1, 0.15) is 6.04 Å². The molecule has 0 radical (unpaired) electrons. The van der Waals surface area contributed by atoms with Crippen LogP contribution in [-0.2, 0) is 21.0 Å². The molecular formula is C14H15F3N2O4S. The Morgan fingerprint density at radius 3 is 2.50 bits per heavy atom. The molecular weight excluding hydrogens is 349 g/mol. The minimum absolute atomic E-state index is 0.0529. The van der Waals surface area contributed by atoms with Gasteiger partial charge in [0, 0.05) is 0 Å². The standard InChI is InChI=1S/C14H15F3N2O4S/c1-2-3-4-11(13(20)21)19-24(22,23)12-6-5-9(8-18)7-10(12)14(15,16)17/h5-7,11,19H,2-4H2,1H3,(H,20,21)/t11-/m0/s1. The summed E-state index contributed by atoms with van der Waals surface area (Å²) in [7, 11) is -4.73. The Bertz CT molecular complexity index is 754. The molecule has 0 aliphatic rings. The van der Waals surface area contributed by atoms with Gasteiger partial charge < -0.3 is 5.11 Å². The summed E-state index contributed by atoms with van der Waals surface area (Å²) in [6.07, 6.45) is -4.09. The average Bonchev–Trinajstić information content (AvgIpc) is 2.49. The number of nitrogens with one attached hydrogen (secondary N) is 1. The number of hydrogen-bond donors (Lipinski definition) is 2. The number of halogens is 3. The van der Waals surface area contributed by atoms with Crippen LogP contribution in [0.15, 0.2) is 23.1 Å². The maximum atomic E-state index is 13.1. The van der Waals surface area contributed by atoms with Gasteiger partial charge in [-0.05, 0) is 24.6 Å². The second kappa shape index (κ2) is 7.63. The molecule has 1 aromatic carbocycles. The van der Waals surface area contributed by atoms with Gasteiger partial charge >= 0.3 is 12.1 Å². The number of unbranched alkanes of at least 4 members (excludes halogenated alkanes) is 1. The van der Waals surface area contributed by atoms with E-state index in [2.05, 4.69) is 0 Å². The zero-order valence-electron chi connectivity index (χ0n) is 12.6. The van der Waals surface area contributed by atoms with Gasteiger partial charge in [0.25, 0.3) is 0 Å². The van der Waals surface area contributed by atoms with Gasteiger partial charge in [-0.25, -0.2) is 8.42 Å². The molecule has 6 nitrogen and oxygen atoms in total. The van der Waals surface area contributed by atoms with Crippen LogP contribution >= 0.6 is 0 Å². The Morgan fingerprint density at radius 2 is 2.04 bits per heavy atom. The third-order valence-corrected chi connectivity index (χ3v) is 4.68. The lowest BCUT2D eigenvalue weighted by Crippen LogP contribution is -2.41. The molecule has 0 fully saturated rings. The first-order valence-corrected chi connectivity index (χ1v) is 8.37. The fourth-order valence-corrected chi connectivity index (χ4v) is 3.38. The minimum Gasteiger partial charge on any atom is -0.480 e. The Labute approximate surface area is 137 Å². The van der Waals surface area contributed by atoms with Crippen LogP contribution in [0.1, 0.15) is 37.3 Å². The van der Waals surface area contributed by atoms with Crippen LogP contribution in [-0.4, -0.2) is 25.5 Å². The van der Waals surface area contributed by atoms with E-state index in [0.29, 0.717) is 25.0 Å². The average molecular weight is 364 g/mol. The SMILES string of the molecule is CCCC[C@H](NS(=O)(=O)c1ccc(C#N)cc1C(F)(F)F)C(=O)O. The van der Waals surface area contributed by atoms with Gasteiger partial charge in [0.05, 0.1) is 22.1 Å². The van der Waals surface area contributed by atoms with Crippen LogP contribution in [0.2, 0.25) is 0 Å². The van der Waals surface area contributed by atoms with Crippen molar-refractivity contribution in [3.8, 4) is 6.07 Å². The highest BCUT2D eigenvalue weighted by molar-refractivity contribution is 7.89. The maximum absolute atomic E-state index is 13.1. The number of sulfonamides is 1. The number of carboxylic acid groups (broad SMARTS) is 1. The molecule has 0 heterocycles. The quantitative estimate of drug-likeness (QED) is 0.773. The van der Waals surface area contributed by atoms with Crippen LogP contribution < -0.4 is 4.72 Å². The van der Waals surface area contributed by atoms with Crippen molar-refractivity contribution < 1.29 is 31.5 Å². The third-order valence-electron chi connectivity index (χ3n) is 3.15. The first-order chi connectivity index (χ1) is 11.0. The molecule has 1 rings (SSSR count). The maximum Gasteiger partial charge on any atom is 0.417 e. The molecule has 0 unspecified atom stereocenters. The fourth-order valence-electron chi connectivity index (χ4n) is 1.95. The zero-order chi connectivity index (χ0) is 18.5. The van der Waals surface area contributed by atoms with E-state index in [9.17, 15) is 26.4 Å². The van der Waals surface area contributed by atoms with Crippen molar-refractivity contribution in [3.63, 3.8) is 0 Å². The highest BCUT2D eigenvalue weighted by Gasteiger charge is 2.38. The van der Waals surface area contributed by atoms with Gasteiger partial charge in [-0.2, -0.15) is 23.2 Å². The summed E-state index contributed by atoms with van der Waals surface area (Å²) in [5.41, 5.74) is -1.88. The van der Waals surface area contributed by atoms with Crippen LogP contribution in [0, 0.1) is 11.3 Å². The van der Waals surface area contributed by atoms with Crippen molar-refractivity contribution >= 4 is 16.0 Å². The lowest BCUT2D eigenvalue weighted by molar-refractivity contribution is -0.140. The van der Waals surface area contributed by atoms with E-state index in [1.807, 2.05) is 0 Å². The molecule has 2 N–H and O–H groups in total. The third kappa shape index (κ3) is 4.94. The number of hydrogen-bond acceptors (Lipinski definition) is 4. The number of nitriles is 1. The van der Waals surface area contributed by atoms with E-state index in [4.69, 9.17) is 10.4 Å². The molecule has 0 aliphatic carbocycles. The Kier molecular flexibility index (Phi) is 6.34. The van der Waals surface area contributed by atoms with Crippen LogP contribution in [0.3, 0.4) is 0 Å². The smallest absolute Gasteiger partial charge is 0.417 e. The summed E-state index contributed by atoms with van der Waals surface area (Å²) < 4.78 is 65.5. The number of aliphatic carboxylic acids is 1.